The molecule has 0 aliphatic carbocycles. The van der Waals surface area contributed by atoms with Gasteiger partial charge in [-0.2, -0.15) is 8.42 Å². The third kappa shape index (κ3) is 7.44. The van der Waals surface area contributed by atoms with Crippen LogP contribution in [0.4, 0.5) is 15.8 Å². The van der Waals surface area contributed by atoms with Crippen molar-refractivity contribution in [1.29, 1.82) is 0 Å². The van der Waals surface area contributed by atoms with Gasteiger partial charge in [0.1, 0.15) is 17.8 Å². The molecule has 0 saturated carbocycles. The minimum Gasteiger partial charge on any atom is -0.496 e. The summed E-state index contributed by atoms with van der Waals surface area (Å²) >= 11 is 0. The number of nitrogens with one attached hydrogen (secondary N) is 1. The Labute approximate surface area is 268 Å². The third-order valence-corrected chi connectivity index (χ3v) is 9.05. The van der Waals surface area contributed by atoms with Gasteiger partial charge in [-0.15, -0.1) is 0 Å². The maximum atomic E-state index is 14.3. The van der Waals surface area contributed by atoms with Crippen molar-refractivity contribution in [1.82, 2.24) is 0 Å². The number of benzene rings is 4. The fourth-order valence-corrected chi connectivity index (χ4v) is 6.23. The molecule has 1 atom stereocenters. The number of amides is 2. The Morgan fingerprint density at radius 2 is 1.70 bits per heavy atom. The van der Waals surface area contributed by atoms with Gasteiger partial charge >= 0.3 is 0 Å². The maximum Gasteiger partial charge on any atom is 0.297 e. The van der Waals surface area contributed by atoms with E-state index in [9.17, 15) is 22.4 Å². The van der Waals surface area contributed by atoms with Crippen LogP contribution in [0.3, 0.4) is 0 Å². The molecule has 2 amide bonds. The molecule has 0 spiro atoms. The van der Waals surface area contributed by atoms with Crippen molar-refractivity contribution < 1.29 is 36.1 Å². The third-order valence-electron chi connectivity index (χ3n) is 7.73. The highest BCUT2D eigenvalue weighted by atomic mass is 32.2. The van der Waals surface area contributed by atoms with E-state index in [-0.39, 0.29) is 35.3 Å². The first-order chi connectivity index (χ1) is 22.1. The van der Waals surface area contributed by atoms with Crippen molar-refractivity contribution in [2.45, 2.75) is 44.2 Å². The Kier molecular flexibility index (Phi) is 10.2. The standard InChI is InChI=1S/C35H35FN2O7S/c1-23-11-15-28(16-12-23)46(41,42)45-20-19-44-33-10-6-8-25-21-26(36)13-18-31(25)38(33)35(40)30-17-14-27(22-32(30)43-3)37-34(39)29-9-5-4-7-24(29)2/h4-5,7,9,11-18,21-22,33H,6,8,10,19-20H2,1-3H3,(H,37,39). The highest BCUT2D eigenvalue weighted by Gasteiger charge is 2.33. The van der Waals surface area contributed by atoms with Gasteiger partial charge in [-0.05, 0) is 92.8 Å². The zero-order valence-electron chi connectivity index (χ0n) is 25.8. The smallest absolute Gasteiger partial charge is 0.297 e. The highest BCUT2D eigenvalue weighted by molar-refractivity contribution is 7.86. The number of halogens is 1. The van der Waals surface area contributed by atoms with Crippen molar-refractivity contribution in [3.63, 3.8) is 0 Å². The zero-order valence-corrected chi connectivity index (χ0v) is 26.6. The monoisotopic (exact) mass is 646 g/mol. The molecule has 0 radical (unpaired) electrons. The van der Waals surface area contributed by atoms with Gasteiger partial charge in [0.25, 0.3) is 21.9 Å². The number of hydrogen-bond donors (Lipinski definition) is 1. The van der Waals surface area contributed by atoms with E-state index in [0.717, 1.165) is 11.1 Å². The number of anilines is 2. The van der Waals surface area contributed by atoms with Gasteiger partial charge in [0.2, 0.25) is 0 Å². The van der Waals surface area contributed by atoms with Gasteiger partial charge in [0.15, 0.2) is 0 Å². The number of methoxy groups -OCH3 is 1. The summed E-state index contributed by atoms with van der Waals surface area (Å²) in [5.74, 6) is -0.984. The second kappa shape index (κ2) is 14.2. The van der Waals surface area contributed by atoms with Crippen LogP contribution in [0.15, 0.2) is 89.8 Å². The summed E-state index contributed by atoms with van der Waals surface area (Å²) in [5.41, 5.74) is 3.99. The Bertz CT molecular complexity index is 1840. The van der Waals surface area contributed by atoms with E-state index in [4.69, 9.17) is 13.7 Å². The summed E-state index contributed by atoms with van der Waals surface area (Å²) in [7, 11) is -2.58. The Hall–Kier alpha value is -4.58. The van der Waals surface area contributed by atoms with E-state index in [1.54, 1.807) is 42.5 Å². The molecule has 1 heterocycles. The van der Waals surface area contributed by atoms with Gasteiger partial charge in [0, 0.05) is 17.3 Å². The summed E-state index contributed by atoms with van der Waals surface area (Å²) in [6.07, 6.45) is 0.694. The lowest BCUT2D eigenvalue weighted by atomic mass is 10.1. The average Bonchev–Trinajstić information content (AvgIpc) is 3.21. The van der Waals surface area contributed by atoms with E-state index in [2.05, 4.69) is 5.32 Å². The molecule has 1 unspecified atom stereocenters. The molecule has 1 aliphatic rings. The van der Waals surface area contributed by atoms with Crippen LogP contribution in [0.2, 0.25) is 0 Å². The molecule has 1 aliphatic heterocycles. The second-order valence-corrected chi connectivity index (χ2v) is 12.6. The summed E-state index contributed by atoms with van der Waals surface area (Å²) in [6.45, 7) is 3.29. The maximum absolute atomic E-state index is 14.3. The molecular formula is C35H35FN2O7S. The number of fused-ring (bicyclic) bond motifs is 1. The van der Waals surface area contributed by atoms with Crippen LogP contribution in [-0.4, -0.2) is 46.8 Å². The van der Waals surface area contributed by atoms with Gasteiger partial charge < -0.3 is 14.8 Å². The molecule has 9 nitrogen and oxygen atoms in total. The minimum absolute atomic E-state index is 0.0333. The van der Waals surface area contributed by atoms with E-state index in [1.807, 2.05) is 26.0 Å². The van der Waals surface area contributed by atoms with Gasteiger partial charge in [0.05, 0.1) is 36.5 Å². The first-order valence-corrected chi connectivity index (χ1v) is 16.2. The lowest BCUT2D eigenvalue weighted by Crippen LogP contribution is -2.42. The molecule has 4 aromatic rings. The molecule has 0 aromatic heterocycles. The summed E-state index contributed by atoms with van der Waals surface area (Å²) < 4.78 is 56.4. The van der Waals surface area contributed by atoms with E-state index < -0.39 is 28.1 Å². The molecule has 0 saturated heterocycles. The van der Waals surface area contributed by atoms with Crippen LogP contribution >= 0.6 is 0 Å². The molecule has 5 rings (SSSR count). The van der Waals surface area contributed by atoms with Crippen LogP contribution < -0.4 is 15.0 Å². The van der Waals surface area contributed by atoms with E-state index in [1.165, 1.54) is 42.3 Å². The normalized spacial score (nSPS) is 14.7. The predicted molar refractivity (Wildman–Crippen MR) is 172 cm³/mol. The van der Waals surface area contributed by atoms with E-state index >= 15 is 0 Å². The summed E-state index contributed by atoms with van der Waals surface area (Å²) in [6, 6.07) is 22.4. The van der Waals surface area contributed by atoms with Crippen molar-refractivity contribution in [2.75, 3.05) is 30.5 Å². The lowest BCUT2D eigenvalue weighted by molar-refractivity contribution is 0.0267. The molecule has 0 fully saturated rings. The highest BCUT2D eigenvalue weighted by Crippen LogP contribution is 2.34. The molecular weight excluding hydrogens is 611 g/mol. The van der Waals surface area contributed by atoms with Crippen LogP contribution in [0.5, 0.6) is 5.75 Å². The predicted octanol–water partition coefficient (Wildman–Crippen LogP) is 6.43. The van der Waals surface area contributed by atoms with Gasteiger partial charge in [-0.3, -0.25) is 18.7 Å². The number of rotatable bonds is 10. The Morgan fingerprint density at radius 3 is 2.43 bits per heavy atom. The Balaban J connectivity index is 1.37. The second-order valence-electron chi connectivity index (χ2n) is 10.9. The topological polar surface area (TPSA) is 111 Å². The first-order valence-electron chi connectivity index (χ1n) is 14.8. The average molecular weight is 647 g/mol. The van der Waals surface area contributed by atoms with Crippen LogP contribution in [0, 0.1) is 19.7 Å². The van der Waals surface area contributed by atoms with Crippen LogP contribution in [0.25, 0.3) is 0 Å². The van der Waals surface area contributed by atoms with Crippen molar-refractivity contribution in [3.05, 3.63) is 119 Å². The molecule has 1 N–H and O–H groups in total. The molecule has 240 valence electrons. The quantitative estimate of drug-likeness (QED) is 0.156. The molecule has 11 heteroatoms. The summed E-state index contributed by atoms with van der Waals surface area (Å²) in [4.78, 5) is 28.6. The number of nitrogens with zero attached hydrogens (tertiary/aromatic N) is 1. The van der Waals surface area contributed by atoms with Crippen molar-refractivity contribution in [2.24, 2.45) is 0 Å². The van der Waals surface area contributed by atoms with E-state index in [0.29, 0.717) is 41.8 Å². The number of aryl methyl sites for hydroxylation is 3. The largest absolute Gasteiger partial charge is 0.496 e. The number of carbonyl (C=O) groups excluding carboxylic acids is 2. The van der Waals surface area contributed by atoms with Crippen LogP contribution in [-0.2, 0) is 25.5 Å². The number of ether oxygens (including phenoxy) is 2. The first kappa shape index (κ1) is 32.8. The lowest BCUT2D eigenvalue weighted by Gasteiger charge is -2.31. The SMILES string of the molecule is COc1cc(NC(=O)c2ccccc2C)ccc1C(=O)N1c2ccc(F)cc2CCCC1OCCOS(=O)(=O)c1ccc(C)cc1. The van der Waals surface area contributed by atoms with Gasteiger partial charge in [-0.25, -0.2) is 4.39 Å². The fraction of sp³-hybridized carbons (Fsp3) is 0.257. The molecule has 0 bridgehead atoms. The van der Waals surface area contributed by atoms with Crippen molar-refractivity contribution >= 4 is 33.3 Å². The zero-order chi connectivity index (χ0) is 32.8. The minimum atomic E-state index is -4.00. The fourth-order valence-electron chi connectivity index (χ4n) is 5.34. The van der Waals surface area contributed by atoms with Crippen LogP contribution in [0.1, 0.15) is 50.2 Å². The Morgan fingerprint density at radius 1 is 0.935 bits per heavy atom. The number of carbonyl (C=O) groups is 2. The number of hydrogen-bond acceptors (Lipinski definition) is 7. The van der Waals surface area contributed by atoms with Gasteiger partial charge in [-0.1, -0.05) is 35.9 Å². The summed E-state index contributed by atoms with van der Waals surface area (Å²) in [5, 5.41) is 2.85. The molecule has 46 heavy (non-hydrogen) atoms. The molecule has 4 aromatic carbocycles. The van der Waals surface area contributed by atoms with Crippen molar-refractivity contribution in [3.8, 4) is 5.75 Å².